The van der Waals surface area contributed by atoms with E-state index in [2.05, 4.69) is 36.1 Å². The van der Waals surface area contributed by atoms with E-state index in [9.17, 15) is 0 Å². The van der Waals surface area contributed by atoms with Crippen molar-refractivity contribution < 1.29 is 0 Å². The Hall–Kier alpha value is -0.860. The van der Waals surface area contributed by atoms with Gasteiger partial charge in [0.25, 0.3) is 0 Å². The Labute approximate surface area is 105 Å². The number of benzene rings is 1. The van der Waals surface area contributed by atoms with Crippen LogP contribution in [0.4, 0.5) is 0 Å². The van der Waals surface area contributed by atoms with Crippen LogP contribution in [0.5, 0.6) is 0 Å². The zero-order valence-electron chi connectivity index (χ0n) is 10.9. The average Bonchev–Trinajstić information content (AvgIpc) is 2.39. The smallest absolute Gasteiger partial charge is 0.0236 e. The fraction of sp³-hybridized carbons (Fsp3) is 0.600. The van der Waals surface area contributed by atoms with Gasteiger partial charge in [-0.3, -0.25) is 4.90 Å². The van der Waals surface area contributed by atoms with E-state index < -0.39 is 0 Å². The van der Waals surface area contributed by atoms with Crippen molar-refractivity contribution in [2.75, 3.05) is 6.54 Å². The van der Waals surface area contributed by atoms with E-state index in [1.165, 1.54) is 43.4 Å². The van der Waals surface area contributed by atoms with E-state index in [0.29, 0.717) is 6.54 Å². The van der Waals surface area contributed by atoms with Gasteiger partial charge in [0.1, 0.15) is 0 Å². The third-order valence-corrected chi connectivity index (χ3v) is 3.83. The molecule has 0 amide bonds. The molecule has 1 saturated heterocycles. The summed E-state index contributed by atoms with van der Waals surface area (Å²) in [7, 11) is 0. The predicted molar refractivity (Wildman–Crippen MR) is 72.7 cm³/mol. The molecule has 0 saturated carbocycles. The monoisotopic (exact) mass is 232 g/mol. The molecule has 1 aliphatic rings. The summed E-state index contributed by atoms with van der Waals surface area (Å²) in [6.45, 7) is 5.29. The van der Waals surface area contributed by atoms with Gasteiger partial charge in [0.2, 0.25) is 0 Å². The Morgan fingerprint density at radius 2 is 2.12 bits per heavy atom. The zero-order valence-corrected chi connectivity index (χ0v) is 10.9. The minimum absolute atomic E-state index is 0.644. The van der Waals surface area contributed by atoms with Crippen LogP contribution in [0.1, 0.15) is 43.7 Å². The standard InChI is InChI=1S/C15H24N2/c1-2-15-8-3-4-9-17(15)12-14-7-5-6-13(10-14)11-16/h5-7,10,15H,2-4,8-9,11-12,16H2,1H3. The highest BCUT2D eigenvalue weighted by molar-refractivity contribution is 5.23. The van der Waals surface area contributed by atoms with Crippen LogP contribution in [0, 0.1) is 0 Å². The van der Waals surface area contributed by atoms with Crippen LogP contribution in [0.2, 0.25) is 0 Å². The molecule has 0 bridgehead atoms. The van der Waals surface area contributed by atoms with Gasteiger partial charge in [-0.25, -0.2) is 0 Å². The van der Waals surface area contributed by atoms with Crippen molar-refractivity contribution in [3.05, 3.63) is 35.4 Å². The number of hydrogen-bond acceptors (Lipinski definition) is 2. The van der Waals surface area contributed by atoms with E-state index >= 15 is 0 Å². The minimum Gasteiger partial charge on any atom is -0.326 e. The molecule has 0 radical (unpaired) electrons. The van der Waals surface area contributed by atoms with E-state index in [-0.39, 0.29) is 0 Å². The van der Waals surface area contributed by atoms with Gasteiger partial charge >= 0.3 is 0 Å². The fourth-order valence-electron chi connectivity index (χ4n) is 2.82. The van der Waals surface area contributed by atoms with Crippen LogP contribution >= 0.6 is 0 Å². The quantitative estimate of drug-likeness (QED) is 0.865. The summed E-state index contributed by atoms with van der Waals surface area (Å²) in [5.74, 6) is 0. The summed E-state index contributed by atoms with van der Waals surface area (Å²) in [4.78, 5) is 2.64. The number of piperidine rings is 1. The van der Waals surface area contributed by atoms with Gasteiger partial charge in [0.15, 0.2) is 0 Å². The Morgan fingerprint density at radius 1 is 1.29 bits per heavy atom. The molecule has 2 rings (SSSR count). The Morgan fingerprint density at radius 3 is 2.88 bits per heavy atom. The van der Waals surface area contributed by atoms with E-state index in [1.807, 2.05) is 0 Å². The number of likely N-dealkylation sites (tertiary alicyclic amines) is 1. The molecule has 0 aliphatic carbocycles. The van der Waals surface area contributed by atoms with Crippen molar-refractivity contribution in [1.82, 2.24) is 4.90 Å². The van der Waals surface area contributed by atoms with Gasteiger partial charge in [0.05, 0.1) is 0 Å². The molecule has 17 heavy (non-hydrogen) atoms. The Kier molecular flexibility index (Phi) is 4.57. The lowest BCUT2D eigenvalue weighted by atomic mass is 9.99. The van der Waals surface area contributed by atoms with Crippen LogP contribution in [-0.4, -0.2) is 17.5 Å². The molecular formula is C15H24N2. The third kappa shape index (κ3) is 3.30. The second-order valence-electron chi connectivity index (χ2n) is 5.05. The molecule has 1 atom stereocenters. The van der Waals surface area contributed by atoms with Crippen LogP contribution in [0.15, 0.2) is 24.3 Å². The molecule has 94 valence electrons. The lowest BCUT2D eigenvalue weighted by molar-refractivity contribution is 0.136. The van der Waals surface area contributed by atoms with Crippen molar-refractivity contribution in [3.8, 4) is 0 Å². The molecular weight excluding hydrogens is 208 g/mol. The van der Waals surface area contributed by atoms with Gasteiger partial charge < -0.3 is 5.73 Å². The highest BCUT2D eigenvalue weighted by Crippen LogP contribution is 2.21. The molecule has 0 aromatic heterocycles. The maximum absolute atomic E-state index is 5.69. The number of hydrogen-bond donors (Lipinski definition) is 1. The molecule has 2 heteroatoms. The molecule has 1 fully saturated rings. The molecule has 1 unspecified atom stereocenters. The Bertz CT molecular complexity index is 349. The van der Waals surface area contributed by atoms with Crippen LogP contribution < -0.4 is 5.73 Å². The highest BCUT2D eigenvalue weighted by Gasteiger charge is 2.20. The van der Waals surface area contributed by atoms with Crippen molar-refractivity contribution >= 4 is 0 Å². The normalized spacial score (nSPS) is 21.6. The van der Waals surface area contributed by atoms with Gasteiger partial charge in [-0.15, -0.1) is 0 Å². The van der Waals surface area contributed by atoms with Crippen LogP contribution in [0.3, 0.4) is 0 Å². The summed E-state index contributed by atoms with van der Waals surface area (Å²) in [5.41, 5.74) is 8.35. The first kappa shape index (κ1) is 12.6. The van der Waals surface area contributed by atoms with Gasteiger partial charge in [-0.2, -0.15) is 0 Å². The topological polar surface area (TPSA) is 29.3 Å². The maximum Gasteiger partial charge on any atom is 0.0236 e. The zero-order chi connectivity index (χ0) is 12.1. The van der Waals surface area contributed by atoms with Gasteiger partial charge in [0, 0.05) is 19.1 Å². The first-order chi connectivity index (χ1) is 8.33. The number of nitrogens with zero attached hydrogens (tertiary/aromatic N) is 1. The molecule has 0 spiro atoms. The third-order valence-electron chi connectivity index (χ3n) is 3.83. The second kappa shape index (κ2) is 6.18. The predicted octanol–water partition coefficient (Wildman–Crippen LogP) is 2.91. The fourth-order valence-corrected chi connectivity index (χ4v) is 2.82. The summed E-state index contributed by atoms with van der Waals surface area (Å²) in [6, 6.07) is 9.49. The van der Waals surface area contributed by atoms with E-state index in [0.717, 1.165) is 12.6 Å². The van der Waals surface area contributed by atoms with Gasteiger partial charge in [-0.1, -0.05) is 37.6 Å². The van der Waals surface area contributed by atoms with Gasteiger partial charge in [-0.05, 0) is 36.9 Å². The van der Waals surface area contributed by atoms with Crippen molar-refractivity contribution in [3.63, 3.8) is 0 Å². The molecule has 1 heterocycles. The van der Waals surface area contributed by atoms with Crippen molar-refractivity contribution in [2.24, 2.45) is 5.73 Å². The van der Waals surface area contributed by atoms with E-state index in [4.69, 9.17) is 5.73 Å². The lowest BCUT2D eigenvalue weighted by Crippen LogP contribution is -2.38. The van der Waals surface area contributed by atoms with E-state index in [1.54, 1.807) is 0 Å². The summed E-state index contributed by atoms with van der Waals surface area (Å²) < 4.78 is 0. The number of nitrogens with two attached hydrogens (primary N) is 1. The molecule has 1 aromatic rings. The largest absolute Gasteiger partial charge is 0.326 e. The molecule has 1 aromatic carbocycles. The highest BCUT2D eigenvalue weighted by atomic mass is 15.2. The van der Waals surface area contributed by atoms with Crippen LogP contribution in [-0.2, 0) is 13.1 Å². The summed E-state index contributed by atoms with van der Waals surface area (Å²) >= 11 is 0. The summed E-state index contributed by atoms with van der Waals surface area (Å²) in [6.07, 6.45) is 5.40. The molecule has 1 aliphatic heterocycles. The SMILES string of the molecule is CCC1CCCCN1Cc1cccc(CN)c1. The lowest BCUT2D eigenvalue weighted by Gasteiger charge is -2.35. The molecule has 2 nitrogen and oxygen atoms in total. The number of rotatable bonds is 4. The first-order valence-electron chi connectivity index (χ1n) is 6.85. The summed E-state index contributed by atoms with van der Waals surface area (Å²) in [5, 5.41) is 0. The average molecular weight is 232 g/mol. The first-order valence-corrected chi connectivity index (χ1v) is 6.85. The van der Waals surface area contributed by atoms with Crippen molar-refractivity contribution in [2.45, 2.75) is 51.7 Å². The maximum atomic E-state index is 5.69. The van der Waals surface area contributed by atoms with Crippen molar-refractivity contribution in [1.29, 1.82) is 0 Å². The Balaban J connectivity index is 2.02. The minimum atomic E-state index is 0.644. The second-order valence-corrected chi connectivity index (χ2v) is 5.05. The molecule has 2 N–H and O–H groups in total. The van der Waals surface area contributed by atoms with Crippen LogP contribution in [0.25, 0.3) is 0 Å².